The molecule has 24 heavy (non-hydrogen) atoms. The lowest BCUT2D eigenvalue weighted by Crippen LogP contribution is -2.04. The fourth-order valence-electron chi connectivity index (χ4n) is 2.56. The summed E-state index contributed by atoms with van der Waals surface area (Å²) in [6.07, 6.45) is 2.53. The Kier molecular flexibility index (Phi) is 4.58. The molecule has 0 atom stereocenters. The quantitative estimate of drug-likeness (QED) is 0.748. The Morgan fingerprint density at radius 2 is 1.67 bits per heavy atom. The summed E-state index contributed by atoms with van der Waals surface area (Å²) < 4.78 is 0. The highest BCUT2D eigenvalue weighted by atomic mass is 16.4. The molecule has 0 amide bonds. The molecule has 1 aromatic heterocycles. The second-order valence-electron chi connectivity index (χ2n) is 5.99. The zero-order valence-electron chi connectivity index (χ0n) is 13.6. The highest BCUT2D eigenvalue weighted by Gasteiger charge is 2.17. The predicted octanol–water partition coefficient (Wildman–Crippen LogP) is 4.02. The molecule has 4 rings (SSSR count). The van der Waals surface area contributed by atoms with Crippen molar-refractivity contribution in [2.75, 3.05) is 0 Å². The van der Waals surface area contributed by atoms with E-state index in [1.165, 1.54) is 12.8 Å². The van der Waals surface area contributed by atoms with Gasteiger partial charge in [-0.05, 0) is 31.4 Å². The Labute approximate surface area is 141 Å². The third-order valence-corrected chi connectivity index (χ3v) is 4.02. The van der Waals surface area contributed by atoms with E-state index < -0.39 is 5.97 Å². The number of carboxylic acids is 1. The number of benzene rings is 2. The van der Waals surface area contributed by atoms with Crippen LogP contribution in [0.4, 0.5) is 0 Å². The highest BCUT2D eigenvalue weighted by Crippen LogP contribution is 2.29. The van der Waals surface area contributed by atoms with Gasteiger partial charge in [0.15, 0.2) is 0 Å². The summed E-state index contributed by atoms with van der Waals surface area (Å²) in [7, 11) is 0. The lowest BCUT2D eigenvalue weighted by Gasteiger charge is -2.11. The first kappa shape index (κ1) is 16.1. The van der Waals surface area contributed by atoms with Crippen LogP contribution in [0.5, 0.6) is 0 Å². The van der Waals surface area contributed by atoms with E-state index in [0.29, 0.717) is 28.1 Å². The number of carboxylic acid groups (broad SMARTS) is 1. The second-order valence-corrected chi connectivity index (χ2v) is 5.99. The second kappa shape index (κ2) is 6.81. The van der Waals surface area contributed by atoms with Gasteiger partial charge in [-0.2, -0.15) is 0 Å². The van der Waals surface area contributed by atoms with Crippen LogP contribution in [0, 0.1) is 6.92 Å². The Balaban J connectivity index is 0.000000370. The van der Waals surface area contributed by atoms with Gasteiger partial charge in [-0.3, -0.25) is 0 Å². The third kappa shape index (κ3) is 3.44. The topological polar surface area (TPSA) is 76.2 Å². The minimum Gasteiger partial charge on any atom is -0.478 e. The molecule has 0 aliphatic heterocycles. The van der Waals surface area contributed by atoms with Crippen molar-refractivity contribution in [3.63, 3.8) is 0 Å². The summed E-state index contributed by atoms with van der Waals surface area (Å²) in [6, 6.07) is 17.6. The molecular formula is C20H20N2O2. The molecule has 1 saturated carbocycles. The number of fused-ring (bicyclic) bond motifs is 1. The van der Waals surface area contributed by atoms with E-state index in [2.05, 4.69) is 4.98 Å². The van der Waals surface area contributed by atoms with Crippen LogP contribution in [-0.4, -0.2) is 22.1 Å². The van der Waals surface area contributed by atoms with E-state index in [1.807, 2.05) is 55.5 Å². The number of para-hydroxylation sites is 1. The smallest absolute Gasteiger partial charge is 0.336 e. The maximum Gasteiger partial charge on any atom is 0.336 e. The van der Waals surface area contributed by atoms with E-state index in [-0.39, 0.29) is 0 Å². The van der Waals surface area contributed by atoms with Crippen molar-refractivity contribution in [1.29, 1.82) is 0 Å². The van der Waals surface area contributed by atoms with Crippen molar-refractivity contribution in [2.24, 2.45) is 5.73 Å². The third-order valence-electron chi connectivity index (χ3n) is 4.02. The number of nitrogens with two attached hydrogens (primary N) is 1. The summed E-state index contributed by atoms with van der Waals surface area (Å²) in [6.45, 7) is 1.81. The summed E-state index contributed by atoms with van der Waals surface area (Å²) >= 11 is 0. The molecule has 0 bridgehead atoms. The molecule has 122 valence electrons. The minimum atomic E-state index is -0.918. The number of pyridine rings is 1. The van der Waals surface area contributed by atoms with Crippen LogP contribution in [0.1, 0.15) is 28.8 Å². The lowest BCUT2D eigenvalue weighted by molar-refractivity contribution is 0.0698. The Morgan fingerprint density at radius 3 is 2.25 bits per heavy atom. The molecule has 1 aliphatic carbocycles. The van der Waals surface area contributed by atoms with Gasteiger partial charge in [0.1, 0.15) is 0 Å². The predicted molar refractivity (Wildman–Crippen MR) is 96.1 cm³/mol. The molecular weight excluding hydrogens is 300 g/mol. The maximum absolute atomic E-state index is 11.6. The van der Waals surface area contributed by atoms with E-state index in [9.17, 15) is 9.90 Å². The Hall–Kier alpha value is -2.72. The fourth-order valence-corrected chi connectivity index (χ4v) is 2.56. The number of rotatable bonds is 2. The van der Waals surface area contributed by atoms with E-state index in [4.69, 9.17) is 5.73 Å². The number of nitrogens with zero attached hydrogens (tertiary/aromatic N) is 1. The van der Waals surface area contributed by atoms with E-state index in [0.717, 1.165) is 11.3 Å². The van der Waals surface area contributed by atoms with E-state index >= 15 is 0 Å². The van der Waals surface area contributed by atoms with E-state index in [1.54, 1.807) is 6.07 Å². The van der Waals surface area contributed by atoms with Crippen molar-refractivity contribution in [3.8, 4) is 11.3 Å². The summed E-state index contributed by atoms with van der Waals surface area (Å²) in [5, 5.41) is 10.2. The standard InChI is InChI=1S/C17H13NO2.C3H7N/c1-11-15(17(19)20)13-9-5-6-10-14(13)18-16(11)12-7-3-2-4-8-12;4-3-1-2-3/h2-10H,1H3,(H,19,20);3H,1-2,4H2. The Bertz CT molecular complexity index is 871. The monoisotopic (exact) mass is 320 g/mol. The minimum absolute atomic E-state index is 0.328. The van der Waals surface area contributed by atoms with Gasteiger partial charge in [0.25, 0.3) is 0 Å². The molecule has 3 aromatic rings. The molecule has 2 aromatic carbocycles. The van der Waals surface area contributed by atoms with Crippen LogP contribution in [0.2, 0.25) is 0 Å². The van der Waals surface area contributed by atoms with Gasteiger partial charge in [0, 0.05) is 17.0 Å². The number of aromatic carboxylic acids is 1. The highest BCUT2D eigenvalue weighted by molar-refractivity contribution is 6.05. The average Bonchev–Trinajstić information content (AvgIpc) is 3.37. The van der Waals surface area contributed by atoms with Crippen LogP contribution in [-0.2, 0) is 0 Å². The molecule has 0 unspecified atom stereocenters. The zero-order valence-corrected chi connectivity index (χ0v) is 13.6. The first-order valence-corrected chi connectivity index (χ1v) is 8.01. The van der Waals surface area contributed by atoms with Crippen molar-refractivity contribution < 1.29 is 9.90 Å². The van der Waals surface area contributed by atoms with Gasteiger partial charge in [-0.1, -0.05) is 48.5 Å². The van der Waals surface area contributed by atoms with Gasteiger partial charge in [-0.25, -0.2) is 9.78 Å². The maximum atomic E-state index is 11.6. The van der Waals surface area contributed by atoms with Gasteiger partial charge >= 0.3 is 5.97 Å². The van der Waals surface area contributed by atoms with Crippen molar-refractivity contribution in [3.05, 3.63) is 65.7 Å². The van der Waals surface area contributed by atoms with Crippen LogP contribution in [0.15, 0.2) is 54.6 Å². The van der Waals surface area contributed by atoms with Gasteiger partial charge in [0.05, 0.1) is 16.8 Å². The van der Waals surface area contributed by atoms with Crippen molar-refractivity contribution in [2.45, 2.75) is 25.8 Å². The molecule has 3 N–H and O–H groups in total. The van der Waals surface area contributed by atoms with Gasteiger partial charge in [-0.15, -0.1) is 0 Å². The summed E-state index contributed by atoms with van der Waals surface area (Å²) in [5.74, 6) is -0.918. The van der Waals surface area contributed by atoms with Crippen molar-refractivity contribution in [1.82, 2.24) is 4.98 Å². The molecule has 1 fully saturated rings. The molecule has 0 saturated heterocycles. The lowest BCUT2D eigenvalue weighted by atomic mass is 9.98. The molecule has 1 heterocycles. The molecule has 0 radical (unpaired) electrons. The largest absolute Gasteiger partial charge is 0.478 e. The molecule has 0 spiro atoms. The molecule has 4 heteroatoms. The summed E-state index contributed by atoms with van der Waals surface area (Å²) in [5.41, 5.74) is 8.60. The number of aromatic nitrogens is 1. The van der Waals surface area contributed by atoms with Gasteiger partial charge in [0.2, 0.25) is 0 Å². The average molecular weight is 320 g/mol. The summed E-state index contributed by atoms with van der Waals surface area (Å²) in [4.78, 5) is 16.2. The fraction of sp³-hybridized carbons (Fsp3) is 0.200. The van der Waals surface area contributed by atoms with Crippen LogP contribution < -0.4 is 5.73 Å². The first-order chi connectivity index (χ1) is 11.6. The zero-order chi connectivity index (χ0) is 17.1. The first-order valence-electron chi connectivity index (χ1n) is 8.01. The van der Waals surface area contributed by atoms with Crippen LogP contribution in [0.25, 0.3) is 22.2 Å². The number of carbonyl (C=O) groups is 1. The Morgan fingerprint density at radius 1 is 1.08 bits per heavy atom. The van der Waals surface area contributed by atoms with Crippen LogP contribution >= 0.6 is 0 Å². The number of hydrogen-bond acceptors (Lipinski definition) is 3. The number of hydrogen-bond donors (Lipinski definition) is 2. The normalized spacial score (nSPS) is 13.2. The van der Waals surface area contributed by atoms with Gasteiger partial charge < -0.3 is 10.8 Å². The molecule has 4 nitrogen and oxygen atoms in total. The SMILES string of the molecule is Cc1c(-c2ccccc2)nc2ccccc2c1C(=O)O.NC1CC1. The molecule has 1 aliphatic rings. The van der Waals surface area contributed by atoms with Crippen LogP contribution in [0.3, 0.4) is 0 Å². The van der Waals surface area contributed by atoms with Crippen molar-refractivity contribution >= 4 is 16.9 Å².